The van der Waals surface area contributed by atoms with Crippen LogP contribution >= 0.6 is 11.8 Å². The Morgan fingerprint density at radius 3 is 3.00 bits per heavy atom. The van der Waals surface area contributed by atoms with Gasteiger partial charge < -0.3 is 0 Å². The van der Waals surface area contributed by atoms with Crippen molar-refractivity contribution >= 4 is 29.0 Å². The summed E-state index contributed by atoms with van der Waals surface area (Å²) < 4.78 is 0. The molecule has 0 saturated heterocycles. The van der Waals surface area contributed by atoms with E-state index in [0.717, 1.165) is 15.8 Å². The van der Waals surface area contributed by atoms with Crippen LogP contribution in [0.3, 0.4) is 0 Å². The lowest BCUT2D eigenvalue weighted by Gasteiger charge is -2.01. The number of hydrogen-bond donors (Lipinski definition) is 0. The van der Waals surface area contributed by atoms with Gasteiger partial charge in [-0.1, -0.05) is 18.2 Å². The van der Waals surface area contributed by atoms with E-state index in [-0.39, 0.29) is 0 Å². The third kappa shape index (κ3) is 1.77. The number of nitrogens with zero attached hydrogens (tertiary/aromatic N) is 1. The monoisotopic (exact) mass is 202 g/mol. The molecule has 0 aliphatic rings. The molecule has 1 aromatic carbocycles. The maximum absolute atomic E-state index is 10.1. The molecule has 0 amide bonds. The lowest BCUT2D eigenvalue weighted by atomic mass is 10.2. The molecule has 69 valence electrons. The predicted octanol–water partition coefficient (Wildman–Crippen LogP) is 2.44. The third-order valence-corrected chi connectivity index (χ3v) is 2.78. The van der Waals surface area contributed by atoms with Crippen molar-refractivity contribution in [3.05, 3.63) is 36.5 Å². The van der Waals surface area contributed by atoms with Gasteiger partial charge in [0.1, 0.15) is 0 Å². The summed E-state index contributed by atoms with van der Waals surface area (Å²) in [5.74, 6) is 0.357. The van der Waals surface area contributed by atoms with Gasteiger partial charge in [-0.15, -0.1) is 11.8 Å². The van der Waals surface area contributed by atoms with Crippen molar-refractivity contribution in [3.8, 4) is 0 Å². The van der Waals surface area contributed by atoms with Crippen molar-refractivity contribution in [3.63, 3.8) is 0 Å². The smallest absolute Gasteiger partial charge is 0.209 e. The summed E-state index contributed by atoms with van der Waals surface area (Å²) in [6.45, 7) is 0. The minimum atomic E-state index is 0.357. The van der Waals surface area contributed by atoms with E-state index in [0.29, 0.717) is 5.75 Å². The Morgan fingerprint density at radius 2 is 2.14 bits per heavy atom. The van der Waals surface area contributed by atoms with Crippen LogP contribution in [-0.4, -0.2) is 17.0 Å². The van der Waals surface area contributed by atoms with Crippen LogP contribution in [0.5, 0.6) is 0 Å². The standard InChI is InChI=1S/C11H8NOS/c13-7-8-14-10-5-1-3-9-4-2-6-12-11(9)10/h1-6H,8H2. The first-order chi connectivity index (χ1) is 6.92. The molecule has 0 unspecified atom stereocenters. The highest BCUT2D eigenvalue weighted by Gasteiger charge is 2.00. The Balaban J connectivity index is 2.48. The molecule has 0 fully saturated rings. The number of para-hydroxylation sites is 1. The zero-order chi connectivity index (χ0) is 9.80. The second-order valence-electron chi connectivity index (χ2n) is 2.76. The van der Waals surface area contributed by atoms with Gasteiger partial charge >= 0.3 is 0 Å². The minimum absolute atomic E-state index is 0.357. The fraction of sp³-hybridized carbons (Fsp3) is 0.0909. The van der Waals surface area contributed by atoms with Gasteiger partial charge in [0.15, 0.2) is 0 Å². The number of fused-ring (bicyclic) bond motifs is 1. The highest BCUT2D eigenvalue weighted by molar-refractivity contribution is 8.00. The molecule has 0 N–H and O–H groups in total. The molecule has 0 atom stereocenters. The summed E-state index contributed by atoms with van der Waals surface area (Å²) in [5, 5.41) is 1.10. The molecule has 14 heavy (non-hydrogen) atoms. The van der Waals surface area contributed by atoms with Crippen LogP contribution in [0, 0.1) is 0 Å². The molecule has 2 rings (SSSR count). The van der Waals surface area contributed by atoms with Crippen molar-refractivity contribution in [1.82, 2.24) is 4.98 Å². The van der Waals surface area contributed by atoms with Gasteiger partial charge in [0.25, 0.3) is 0 Å². The SMILES string of the molecule is O=[C]CSc1cccc2cccnc12. The lowest BCUT2D eigenvalue weighted by molar-refractivity contribution is 0.560. The Morgan fingerprint density at radius 1 is 1.29 bits per heavy atom. The molecule has 2 nitrogen and oxygen atoms in total. The maximum Gasteiger partial charge on any atom is 0.209 e. The third-order valence-electron chi connectivity index (χ3n) is 1.88. The van der Waals surface area contributed by atoms with E-state index in [9.17, 15) is 4.79 Å². The van der Waals surface area contributed by atoms with Crippen molar-refractivity contribution < 1.29 is 4.79 Å². The zero-order valence-electron chi connectivity index (χ0n) is 7.43. The fourth-order valence-corrected chi connectivity index (χ4v) is 2.00. The van der Waals surface area contributed by atoms with Crippen LogP contribution in [-0.2, 0) is 4.79 Å². The van der Waals surface area contributed by atoms with Gasteiger partial charge in [-0.25, -0.2) is 0 Å². The van der Waals surface area contributed by atoms with Crippen LogP contribution in [0.4, 0.5) is 0 Å². The Kier molecular flexibility index (Phi) is 2.79. The Labute approximate surface area is 86.3 Å². The summed E-state index contributed by atoms with van der Waals surface area (Å²) in [6.07, 6.45) is 3.63. The van der Waals surface area contributed by atoms with E-state index in [1.807, 2.05) is 36.6 Å². The van der Waals surface area contributed by atoms with Gasteiger partial charge in [-0.3, -0.25) is 9.78 Å². The molecule has 0 saturated carbocycles. The van der Waals surface area contributed by atoms with Gasteiger partial charge in [0.2, 0.25) is 6.29 Å². The van der Waals surface area contributed by atoms with E-state index in [2.05, 4.69) is 4.98 Å². The quantitative estimate of drug-likeness (QED) is 0.716. The van der Waals surface area contributed by atoms with E-state index in [1.165, 1.54) is 11.8 Å². The molecular formula is C11H8NOS. The lowest BCUT2D eigenvalue weighted by Crippen LogP contribution is -1.83. The van der Waals surface area contributed by atoms with Crippen molar-refractivity contribution in [2.45, 2.75) is 4.90 Å². The predicted molar refractivity (Wildman–Crippen MR) is 58.2 cm³/mol. The number of pyridine rings is 1. The molecule has 1 heterocycles. The summed E-state index contributed by atoms with van der Waals surface area (Å²) in [4.78, 5) is 15.5. The highest BCUT2D eigenvalue weighted by Crippen LogP contribution is 2.25. The van der Waals surface area contributed by atoms with E-state index < -0.39 is 0 Å². The largest absolute Gasteiger partial charge is 0.290 e. The Bertz CT molecular complexity index is 450. The van der Waals surface area contributed by atoms with Gasteiger partial charge in [0, 0.05) is 16.5 Å². The number of thioether (sulfide) groups is 1. The number of rotatable bonds is 3. The van der Waals surface area contributed by atoms with Crippen molar-refractivity contribution in [2.24, 2.45) is 0 Å². The van der Waals surface area contributed by atoms with E-state index in [1.54, 1.807) is 6.20 Å². The minimum Gasteiger partial charge on any atom is -0.290 e. The van der Waals surface area contributed by atoms with Crippen LogP contribution in [0.25, 0.3) is 10.9 Å². The average Bonchev–Trinajstić information content (AvgIpc) is 2.26. The Hall–Kier alpha value is -1.35. The van der Waals surface area contributed by atoms with Crippen LogP contribution in [0.2, 0.25) is 0 Å². The molecule has 2 aromatic rings. The molecule has 1 radical (unpaired) electrons. The second kappa shape index (κ2) is 4.24. The fourth-order valence-electron chi connectivity index (χ4n) is 1.30. The van der Waals surface area contributed by atoms with Gasteiger partial charge in [-0.05, 0) is 12.1 Å². The topological polar surface area (TPSA) is 30.0 Å². The summed E-state index contributed by atoms with van der Waals surface area (Å²) >= 11 is 1.46. The number of carbonyl (C=O) groups excluding carboxylic acids is 1. The normalized spacial score (nSPS) is 10.3. The van der Waals surface area contributed by atoms with E-state index in [4.69, 9.17) is 0 Å². The summed E-state index contributed by atoms with van der Waals surface area (Å²) in [7, 11) is 0. The first-order valence-corrected chi connectivity index (χ1v) is 5.22. The molecule has 0 aliphatic heterocycles. The first kappa shape index (κ1) is 9.21. The second-order valence-corrected chi connectivity index (χ2v) is 3.78. The maximum atomic E-state index is 10.1. The van der Waals surface area contributed by atoms with Gasteiger partial charge in [0.05, 0.1) is 11.3 Å². The molecule has 1 aromatic heterocycles. The summed E-state index contributed by atoms with van der Waals surface area (Å²) in [6, 6.07) is 9.87. The number of aromatic nitrogens is 1. The average molecular weight is 202 g/mol. The van der Waals surface area contributed by atoms with Crippen LogP contribution < -0.4 is 0 Å². The van der Waals surface area contributed by atoms with Crippen LogP contribution in [0.15, 0.2) is 41.4 Å². The molecule has 0 bridgehead atoms. The highest BCUT2D eigenvalue weighted by atomic mass is 32.2. The van der Waals surface area contributed by atoms with Crippen molar-refractivity contribution in [1.29, 1.82) is 0 Å². The van der Waals surface area contributed by atoms with E-state index >= 15 is 0 Å². The zero-order valence-corrected chi connectivity index (χ0v) is 8.25. The van der Waals surface area contributed by atoms with Crippen molar-refractivity contribution in [2.75, 3.05) is 5.75 Å². The van der Waals surface area contributed by atoms with Gasteiger partial charge in [-0.2, -0.15) is 0 Å². The summed E-state index contributed by atoms with van der Waals surface area (Å²) in [5.41, 5.74) is 0.954. The molecular weight excluding hydrogens is 194 g/mol. The number of hydrogen-bond acceptors (Lipinski definition) is 3. The number of benzene rings is 1. The molecule has 0 spiro atoms. The molecule has 0 aliphatic carbocycles. The first-order valence-electron chi connectivity index (χ1n) is 4.23. The molecule has 3 heteroatoms. The van der Waals surface area contributed by atoms with Crippen LogP contribution in [0.1, 0.15) is 0 Å².